The van der Waals surface area contributed by atoms with Crippen LogP contribution in [0.25, 0.3) is 22.7 Å². The Hall–Kier alpha value is -2.21. The SMILES string of the molecule is c1ccc2c(c1)nc(-c1nnc[nH]1)n2[C@H]1C[C@H]2CCC[C@@H](C1)N2[C@@H]1C[C@@H]2CCCC[C@@H](C2)C1. The number of nitrogens with zero attached hydrogens (tertiary/aromatic N) is 5. The lowest BCUT2D eigenvalue weighted by Gasteiger charge is -2.54. The minimum atomic E-state index is 0.481. The average molecular weight is 445 g/mol. The third kappa shape index (κ3) is 3.52. The van der Waals surface area contributed by atoms with Crippen LogP contribution in [0.4, 0.5) is 0 Å². The summed E-state index contributed by atoms with van der Waals surface area (Å²) in [6, 6.07) is 11.3. The fourth-order valence-corrected chi connectivity index (χ4v) is 8.20. The number of piperidine rings is 2. The van der Waals surface area contributed by atoms with E-state index in [1.165, 1.54) is 82.6 Å². The van der Waals surface area contributed by atoms with Gasteiger partial charge in [-0.1, -0.05) is 44.2 Å². The predicted octanol–water partition coefficient (Wildman–Crippen LogP) is 5.74. The van der Waals surface area contributed by atoms with Gasteiger partial charge in [-0.05, 0) is 68.9 Å². The van der Waals surface area contributed by atoms with Crippen LogP contribution in [0.3, 0.4) is 0 Å². The van der Waals surface area contributed by atoms with E-state index in [9.17, 15) is 0 Å². The molecule has 4 aliphatic rings. The molecule has 6 heteroatoms. The largest absolute Gasteiger partial charge is 0.325 e. The van der Waals surface area contributed by atoms with E-state index in [-0.39, 0.29) is 0 Å². The van der Waals surface area contributed by atoms with Crippen molar-refractivity contribution in [3.8, 4) is 11.6 Å². The summed E-state index contributed by atoms with van der Waals surface area (Å²) in [7, 11) is 0. The third-order valence-corrected chi connectivity index (χ3v) is 9.37. The van der Waals surface area contributed by atoms with E-state index in [4.69, 9.17) is 4.98 Å². The topological polar surface area (TPSA) is 62.6 Å². The summed E-state index contributed by atoms with van der Waals surface area (Å²) in [4.78, 5) is 11.3. The highest BCUT2D eigenvalue weighted by Gasteiger charge is 2.45. The quantitative estimate of drug-likeness (QED) is 0.560. The maximum absolute atomic E-state index is 5.00. The standard InChI is InChI=1S/C27H36N6/c1-2-7-19-12-18(6-1)13-22(14-19)32-20-8-5-9-21(32)16-23(15-20)33-25-11-4-3-10-24(25)30-27(33)26-28-17-29-31-26/h3-4,10-11,17-23H,1-2,5-9,12-16H2,(H,28,29,31)/t18-,19+,20-,21+,22-,23+. The lowest BCUT2D eigenvalue weighted by atomic mass is 9.73. The van der Waals surface area contributed by atoms with Crippen LogP contribution in [0.5, 0.6) is 0 Å². The second kappa shape index (κ2) is 8.23. The first-order valence-corrected chi connectivity index (χ1v) is 13.4. The highest BCUT2D eigenvalue weighted by Crippen LogP contribution is 2.47. The molecule has 4 heterocycles. The second-order valence-corrected chi connectivity index (χ2v) is 11.3. The Morgan fingerprint density at radius 2 is 1.52 bits per heavy atom. The summed E-state index contributed by atoms with van der Waals surface area (Å²) in [6.07, 6.45) is 18.6. The van der Waals surface area contributed by atoms with Gasteiger partial charge in [-0.3, -0.25) is 4.90 Å². The van der Waals surface area contributed by atoms with Crippen LogP contribution < -0.4 is 0 Å². The molecule has 0 radical (unpaired) electrons. The van der Waals surface area contributed by atoms with Gasteiger partial charge in [0, 0.05) is 24.2 Å². The summed E-state index contributed by atoms with van der Waals surface area (Å²) < 4.78 is 2.50. The van der Waals surface area contributed by atoms with Gasteiger partial charge in [0.2, 0.25) is 0 Å². The first-order chi connectivity index (χ1) is 16.3. The number of H-pyrrole nitrogens is 1. The van der Waals surface area contributed by atoms with Crippen LogP contribution in [-0.4, -0.2) is 47.8 Å². The van der Waals surface area contributed by atoms with Gasteiger partial charge in [0.1, 0.15) is 6.33 Å². The number of fused-ring (bicyclic) bond motifs is 5. The van der Waals surface area contributed by atoms with E-state index in [1.807, 2.05) is 0 Å². The Labute approximate surface area is 196 Å². The summed E-state index contributed by atoms with van der Waals surface area (Å²) in [5, 5.41) is 8.39. The van der Waals surface area contributed by atoms with E-state index in [1.54, 1.807) is 6.33 Å². The molecule has 2 aliphatic heterocycles. The van der Waals surface area contributed by atoms with Crippen molar-refractivity contribution in [3.05, 3.63) is 30.6 Å². The molecule has 2 saturated carbocycles. The molecule has 7 rings (SSSR count). The van der Waals surface area contributed by atoms with Crippen molar-refractivity contribution in [1.29, 1.82) is 0 Å². The molecule has 2 aromatic heterocycles. The van der Waals surface area contributed by atoms with Gasteiger partial charge in [0.25, 0.3) is 0 Å². The van der Waals surface area contributed by atoms with Gasteiger partial charge in [-0.25, -0.2) is 4.98 Å². The Bertz CT molecular complexity index is 1080. The number of nitrogens with one attached hydrogen (secondary N) is 1. The fourth-order valence-electron chi connectivity index (χ4n) is 8.20. The zero-order valence-electron chi connectivity index (χ0n) is 19.6. The summed E-state index contributed by atoms with van der Waals surface area (Å²) >= 11 is 0. The highest BCUT2D eigenvalue weighted by atomic mass is 15.3. The average Bonchev–Trinajstić information content (AvgIpc) is 3.45. The number of para-hydroxylation sites is 2. The number of aromatic amines is 1. The van der Waals surface area contributed by atoms with E-state index in [2.05, 4.69) is 48.9 Å². The molecule has 4 fully saturated rings. The van der Waals surface area contributed by atoms with Crippen LogP contribution in [-0.2, 0) is 0 Å². The van der Waals surface area contributed by atoms with Crippen LogP contribution in [0.1, 0.15) is 83.1 Å². The number of benzene rings is 1. The zero-order valence-corrected chi connectivity index (χ0v) is 19.6. The molecule has 0 unspecified atom stereocenters. The number of hydrogen-bond donors (Lipinski definition) is 1. The van der Waals surface area contributed by atoms with Gasteiger partial charge in [0.05, 0.1) is 11.0 Å². The van der Waals surface area contributed by atoms with Crippen molar-refractivity contribution in [1.82, 2.24) is 29.6 Å². The molecule has 3 aromatic rings. The normalized spacial score (nSPS) is 34.9. The fraction of sp³-hybridized carbons (Fsp3) is 0.667. The first kappa shape index (κ1) is 20.2. The van der Waals surface area contributed by atoms with Gasteiger partial charge >= 0.3 is 0 Å². The monoisotopic (exact) mass is 444 g/mol. The van der Waals surface area contributed by atoms with Crippen LogP contribution >= 0.6 is 0 Å². The van der Waals surface area contributed by atoms with Crippen LogP contribution in [0.15, 0.2) is 30.6 Å². The number of hydrogen-bond acceptors (Lipinski definition) is 4. The molecule has 1 aromatic carbocycles. The molecule has 2 aliphatic carbocycles. The number of imidazole rings is 1. The maximum atomic E-state index is 5.00. The van der Waals surface area contributed by atoms with Crippen molar-refractivity contribution in [2.75, 3.05) is 0 Å². The summed E-state index contributed by atoms with van der Waals surface area (Å²) in [6.45, 7) is 0. The van der Waals surface area contributed by atoms with E-state index in [0.717, 1.165) is 47.1 Å². The molecular formula is C27H36N6. The molecule has 0 spiro atoms. The molecule has 174 valence electrons. The Morgan fingerprint density at radius 1 is 0.758 bits per heavy atom. The van der Waals surface area contributed by atoms with Gasteiger partial charge in [-0.2, -0.15) is 0 Å². The van der Waals surface area contributed by atoms with Gasteiger partial charge < -0.3 is 9.55 Å². The van der Waals surface area contributed by atoms with Crippen molar-refractivity contribution in [2.45, 2.75) is 101 Å². The molecule has 4 bridgehead atoms. The molecule has 6 atom stereocenters. The lowest BCUT2D eigenvalue weighted by Crippen LogP contribution is -2.58. The minimum absolute atomic E-state index is 0.481. The van der Waals surface area contributed by atoms with Crippen molar-refractivity contribution in [3.63, 3.8) is 0 Å². The van der Waals surface area contributed by atoms with Crippen LogP contribution in [0, 0.1) is 11.8 Å². The van der Waals surface area contributed by atoms with E-state index in [0.29, 0.717) is 6.04 Å². The molecule has 2 saturated heterocycles. The Balaban J connectivity index is 1.22. The molecule has 33 heavy (non-hydrogen) atoms. The van der Waals surface area contributed by atoms with Crippen molar-refractivity contribution < 1.29 is 0 Å². The Morgan fingerprint density at radius 3 is 2.24 bits per heavy atom. The van der Waals surface area contributed by atoms with Gasteiger partial charge in [0.15, 0.2) is 11.6 Å². The van der Waals surface area contributed by atoms with E-state index < -0.39 is 0 Å². The minimum Gasteiger partial charge on any atom is -0.325 e. The molecule has 6 nitrogen and oxygen atoms in total. The second-order valence-electron chi connectivity index (χ2n) is 11.3. The highest BCUT2D eigenvalue weighted by molar-refractivity contribution is 5.79. The molecule has 0 amide bonds. The summed E-state index contributed by atoms with van der Waals surface area (Å²) in [5.41, 5.74) is 2.30. The number of aromatic nitrogens is 5. The maximum Gasteiger partial charge on any atom is 0.197 e. The van der Waals surface area contributed by atoms with Crippen molar-refractivity contribution >= 4 is 11.0 Å². The van der Waals surface area contributed by atoms with Gasteiger partial charge in [-0.15, -0.1) is 10.2 Å². The zero-order chi connectivity index (χ0) is 21.8. The number of rotatable bonds is 3. The first-order valence-electron chi connectivity index (χ1n) is 13.4. The summed E-state index contributed by atoms with van der Waals surface area (Å²) in [5.74, 6) is 3.72. The smallest absolute Gasteiger partial charge is 0.197 e. The van der Waals surface area contributed by atoms with Crippen molar-refractivity contribution in [2.24, 2.45) is 11.8 Å². The predicted molar refractivity (Wildman–Crippen MR) is 130 cm³/mol. The van der Waals surface area contributed by atoms with Crippen LogP contribution in [0.2, 0.25) is 0 Å². The molecular weight excluding hydrogens is 408 g/mol. The lowest BCUT2D eigenvalue weighted by molar-refractivity contribution is -0.0415. The molecule has 1 N–H and O–H groups in total. The van der Waals surface area contributed by atoms with E-state index >= 15 is 0 Å². The Kier molecular flexibility index (Phi) is 5.03. The third-order valence-electron chi connectivity index (χ3n) is 9.37.